The van der Waals surface area contributed by atoms with Gasteiger partial charge in [-0.1, -0.05) is 6.08 Å². The van der Waals surface area contributed by atoms with E-state index in [-0.39, 0.29) is 24.8 Å². The minimum atomic E-state index is 0. The van der Waals surface area contributed by atoms with Gasteiger partial charge in [-0.25, -0.2) is 0 Å². The molecule has 0 saturated carbocycles. The molecule has 1 N–H and O–H groups in total. The lowest BCUT2D eigenvalue weighted by molar-refractivity contribution is 0.168. The van der Waals surface area contributed by atoms with Crippen LogP contribution in [0.1, 0.15) is 23.8 Å². The molecule has 0 aliphatic carbocycles. The molecule has 110 valence electrons. The lowest BCUT2D eigenvalue weighted by Gasteiger charge is -2.34. The first-order valence-corrected chi connectivity index (χ1v) is 7.73. The normalized spacial score (nSPS) is 17.1. The van der Waals surface area contributed by atoms with E-state index < -0.39 is 0 Å². The van der Waals surface area contributed by atoms with Gasteiger partial charge in [0.1, 0.15) is 0 Å². The molecule has 1 fully saturated rings. The summed E-state index contributed by atoms with van der Waals surface area (Å²) >= 11 is 5.42. The highest BCUT2D eigenvalue weighted by Gasteiger charge is 2.22. The Morgan fingerprint density at radius 1 is 1.37 bits per heavy atom. The number of rotatable bonds is 5. The zero-order valence-corrected chi connectivity index (χ0v) is 14.8. The van der Waals surface area contributed by atoms with Crippen molar-refractivity contribution in [3.8, 4) is 0 Å². The molecule has 0 amide bonds. The number of allylic oxidation sites excluding steroid dienone is 1. The largest absolute Gasteiger partial charge is 0.314 e. The van der Waals surface area contributed by atoms with Crippen LogP contribution in [0.4, 0.5) is 0 Å². The molecule has 1 aliphatic rings. The molecule has 0 aromatic carbocycles. The van der Waals surface area contributed by atoms with Crippen molar-refractivity contribution in [3.05, 3.63) is 33.5 Å². The van der Waals surface area contributed by atoms with E-state index >= 15 is 0 Å². The van der Waals surface area contributed by atoms with Gasteiger partial charge in [0.25, 0.3) is 0 Å². The molecule has 0 unspecified atom stereocenters. The average Bonchev–Trinajstić information content (AvgIpc) is 2.78. The fourth-order valence-corrected chi connectivity index (χ4v) is 3.87. The monoisotopic (exact) mass is 386 g/mol. The van der Waals surface area contributed by atoms with Gasteiger partial charge in [-0.2, -0.15) is 0 Å². The van der Waals surface area contributed by atoms with Crippen molar-refractivity contribution in [2.75, 3.05) is 26.2 Å². The summed E-state index contributed by atoms with van der Waals surface area (Å²) in [6.07, 6.45) is 4.29. The van der Waals surface area contributed by atoms with Crippen LogP contribution >= 0.6 is 52.1 Å². The SMILES string of the molecule is C=CCC[C@H](c1ccc(Br)s1)N1CCNCC1.Cl.Cl. The maximum absolute atomic E-state index is 3.84. The van der Waals surface area contributed by atoms with Crippen LogP contribution in [0.5, 0.6) is 0 Å². The van der Waals surface area contributed by atoms with Gasteiger partial charge in [-0.15, -0.1) is 42.7 Å². The summed E-state index contributed by atoms with van der Waals surface area (Å²) in [4.78, 5) is 4.07. The van der Waals surface area contributed by atoms with E-state index in [1.807, 2.05) is 17.4 Å². The van der Waals surface area contributed by atoms with Crippen molar-refractivity contribution in [1.82, 2.24) is 10.2 Å². The molecule has 1 aliphatic heterocycles. The highest BCUT2D eigenvalue weighted by Crippen LogP contribution is 2.33. The lowest BCUT2D eigenvalue weighted by Crippen LogP contribution is -2.45. The summed E-state index contributed by atoms with van der Waals surface area (Å²) in [5.74, 6) is 0. The Kier molecular flexibility index (Phi) is 10.4. The Balaban J connectivity index is 0.00000162. The second kappa shape index (κ2) is 10.2. The Bertz CT molecular complexity index is 367. The predicted octanol–water partition coefficient (Wildman–Crippen LogP) is 4.27. The number of nitrogens with zero attached hydrogens (tertiary/aromatic N) is 1. The van der Waals surface area contributed by atoms with Crippen LogP contribution in [0.25, 0.3) is 0 Å². The summed E-state index contributed by atoms with van der Waals surface area (Å²) in [6, 6.07) is 4.97. The van der Waals surface area contributed by atoms with Crippen LogP contribution in [0, 0.1) is 0 Å². The van der Waals surface area contributed by atoms with Gasteiger partial charge < -0.3 is 5.32 Å². The first kappa shape index (κ1) is 19.4. The minimum absolute atomic E-state index is 0. The van der Waals surface area contributed by atoms with Crippen LogP contribution in [-0.2, 0) is 0 Å². The molecule has 1 aromatic rings. The molecular formula is C13H21BrCl2N2S. The van der Waals surface area contributed by atoms with Crippen LogP contribution in [0.2, 0.25) is 0 Å². The molecule has 1 atom stereocenters. The smallest absolute Gasteiger partial charge is 0.0701 e. The number of thiophene rings is 1. The van der Waals surface area contributed by atoms with E-state index in [1.54, 1.807) is 0 Å². The first-order chi connectivity index (χ1) is 8.31. The van der Waals surface area contributed by atoms with E-state index in [1.165, 1.54) is 15.1 Å². The Hall–Kier alpha value is 0.420. The fraction of sp³-hybridized carbons (Fsp3) is 0.538. The molecule has 2 rings (SSSR count). The third-order valence-corrected chi connectivity index (χ3v) is 4.88. The zero-order valence-electron chi connectivity index (χ0n) is 10.8. The fourth-order valence-electron chi connectivity index (χ4n) is 2.28. The Morgan fingerprint density at radius 3 is 2.58 bits per heavy atom. The van der Waals surface area contributed by atoms with Crippen LogP contribution in [-0.4, -0.2) is 31.1 Å². The van der Waals surface area contributed by atoms with Gasteiger partial charge in [0.05, 0.1) is 3.79 Å². The van der Waals surface area contributed by atoms with E-state index in [0.29, 0.717) is 6.04 Å². The summed E-state index contributed by atoms with van der Waals surface area (Å²) in [5.41, 5.74) is 0. The average molecular weight is 388 g/mol. The number of hydrogen-bond donors (Lipinski definition) is 1. The molecule has 1 aromatic heterocycles. The predicted molar refractivity (Wildman–Crippen MR) is 93.1 cm³/mol. The molecule has 1 saturated heterocycles. The van der Waals surface area contributed by atoms with Gasteiger partial charge >= 0.3 is 0 Å². The van der Waals surface area contributed by atoms with Crippen LogP contribution in [0.3, 0.4) is 0 Å². The first-order valence-electron chi connectivity index (χ1n) is 6.12. The Labute approximate surface area is 140 Å². The maximum atomic E-state index is 3.84. The van der Waals surface area contributed by atoms with E-state index in [4.69, 9.17) is 0 Å². The van der Waals surface area contributed by atoms with Gasteiger partial charge in [0.2, 0.25) is 0 Å². The summed E-state index contributed by atoms with van der Waals surface area (Å²) < 4.78 is 1.23. The van der Waals surface area contributed by atoms with E-state index in [9.17, 15) is 0 Å². The molecular weight excluding hydrogens is 367 g/mol. The highest BCUT2D eigenvalue weighted by atomic mass is 79.9. The van der Waals surface area contributed by atoms with Crippen molar-refractivity contribution < 1.29 is 0 Å². The van der Waals surface area contributed by atoms with Gasteiger partial charge in [0, 0.05) is 37.1 Å². The second-order valence-electron chi connectivity index (χ2n) is 4.31. The van der Waals surface area contributed by atoms with Crippen molar-refractivity contribution in [2.45, 2.75) is 18.9 Å². The van der Waals surface area contributed by atoms with Gasteiger partial charge in [-0.3, -0.25) is 4.90 Å². The quantitative estimate of drug-likeness (QED) is 0.759. The molecule has 19 heavy (non-hydrogen) atoms. The Morgan fingerprint density at radius 2 is 2.05 bits per heavy atom. The summed E-state index contributed by atoms with van der Waals surface area (Å²) in [5, 5.41) is 3.41. The molecule has 0 spiro atoms. The standard InChI is InChI=1S/C13H19BrN2S.2ClH/c1-2-3-4-11(12-5-6-13(14)17-12)16-9-7-15-8-10-16;;/h2,5-6,11,15H,1,3-4,7-10H2;2*1H/t11-;;/m1../s1. The number of halogens is 3. The lowest BCUT2D eigenvalue weighted by atomic mass is 10.1. The maximum Gasteiger partial charge on any atom is 0.0701 e. The molecule has 0 radical (unpaired) electrons. The topological polar surface area (TPSA) is 15.3 Å². The minimum Gasteiger partial charge on any atom is -0.314 e. The van der Waals surface area contributed by atoms with Gasteiger partial charge in [0.15, 0.2) is 0 Å². The number of piperazine rings is 1. The molecule has 0 bridgehead atoms. The van der Waals surface area contributed by atoms with E-state index in [0.717, 1.165) is 32.6 Å². The molecule has 2 nitrogen and oxygen atoms in total. The molecule has 6 heteroatoms. The van der Waals surface area contributed by atoms with Crippen molar-refractivity contribution >= 4 is 52.1 Å². The van der Waals surface area contributed by atoms with Crippen LogP contribution < -0.4 is 5.32 Å². The van der Waals surface area contributed by atoms with E-state index in [2.05, 4.69) is 44.9 Å². The second-order valence-corrected chi connectivity index (χ2v) is 6.80. The van der Waals surface area contributed by atoms with Crippen LogP contribution in [0.15, 0.2) is 28.6 Å². The van der Waals surface area contributed by atoms with Crippen molar-refractivity contribution in [1.29, 1.82) is 0 Å². The number of hydrogen-bond acceptors (Lipinski definition) is 3. The van der Waals surface area contributed by atoms with Crippen molar-refractivity contribution in [2.24, 2.45) is 0 Å². The third-order valence-electron chi connectivity index (χ3n) is 3.16. The van der Waals surface area contributed by atoms with Crippen molar-refractivity contribution in [3.63, 3.8) is 0 Å². The zero-order chi connectivity index (χ0) is 12.1. The van der Waals surface area contributed by atoms with Gasteiger partial charge in [-0.05, 0) is 40.9 Å². The number of nitrogens with one attached hydrogen (secondary N) is 1. The molecule has 2 heterocycles. The third kappa shape index (κ3) is 5.74. The highest BCUT2D eigenvalue weighted by molar-refractivity contribution is 9.11. The summed E-state index contributed by atoms with van der Waals surface area (Å²) in [6.45, 7) is 8.36. The summed E-state index contributed by atoms with van der Waals surface area (Å²) in [7, 11) is 0.